The Morgan fingerprint density at radius 3 is 2.89 bits per heavy atom. The molecule has 5 nitrogen and oxygen atoms in total. The molecule has 1 aliphatic heterocycles. The highest BCUT2D eigenvalue weighted by Gasteiger charge is 2.16. The molecule has 4 aromatic rings. The Morgan fingerprint density at radius 1 is 1.04 bits per heavy atom. The number of pyridine rings is 1. The van der Waals surface area contributed by atoms with Gasteiger partial charge in [0.2, 0.25) is 0 Å². The molecule has 0 N–H and O–H groups in total. The molecule has 0 fully saturated rings. The normalized spacial score (nSPS) is 15.7. The van der Waals surface area contributed by atoms with E-state index < -0.39 is 0 Å². The third kappa shape index (κ3) is 3.02. The van der Waals surface area contributed by atoms with Crippen LogP contribution in [0.15, 0.2) is 48.9 Å². The van der Waals surface area contributed by atoms with E-state index in [1.54, 1.807) is 0 Å². The highest BCUT2D eigenvalue weighted by Crippen LogP contribution is 2.26. The van der Waals surface area contributed by atoms with E-state index in [0.29, 0.717) is 0 Å². The van der Waals surface area contributed by atoms with E-state index in [4.69, 9.17) is 4.98 Å². The maximum absolute atomic E-state index is 5.01. The van der Waals surface area contributed by atoms with Crippen LogP contribution in [0.1, 0.15) is 25.6 Å². The summed E-state index contributed by atoms with van der Waals surface area (Å²) in [5.74, 6) is 1.23. The van der Waals surface area contributed by atoms with Gasteiger partial charge in [0.25, 0.3) is 0 Å². The highest BCUT2D eigenvalue weighted by molar-refractivity contribution is 5.82. The average Bonchev–Trinajstić information content (AvgIpc) is 3.27. The molecule has 1 aliphatic rings. The summed E-state index contributed by atoms with van der Waals surface area (Å²) in [6.07, 6.45) is 9.41. The fourth-order valence-corrected chi connectivity index (χ4v) is 4.25. The van der Waals surface area contributed by atoms with Crippen LogP contribution in [0.25, 0.3) is 27.8 Å². The Balaban J connectivity index is 1.51. The number of aryl methyl sites for hydroxylation is 1. The van der Waals surface area contributed by atoms with Crippen LogP contribution in [0.4, 0.5) is 0 Å². The second-order valence-corrected chi connectivity index (χ2v) is 7.44. The fraction of sp³-hybridized carbons (Fsp3) is 0.364. The smallest absolute Gasteiger partial charge is 0.136 e. The molecule has 0 aliphatic carbocycles. The Bertz CT molecular complexity index is 1090. The van der Waals surface area contributed by atoms with E-state index in [2.05, 4.69) is 62.3 Å². The summed E-state index contributed by atoms with van der Waals surface area (Å²) in [7, 11) is 0. The summed E-state index contributed by atoms with van der Waals surface area (Å²) < 4.78 is 4.50. The minimum Gasteiger partial charge on any atom is -0.328 e. The number of imidazole rings is 2. The van der Waals surface area contributed by atoms with Crippen molar-refractivity contribution in [1.29, 1.82) is 0 Å². The second kappa shape index (κ2) is 6.82. The summed E-state index contributed by atoms with van der Waals surface area (Å²) in [5, 5.41) is 0. The van der Waals surface area contributed by atoms with E-state index in [1.807, 2.05) is 12.4 Å². The lowest BCUT2D eigenvalue weighted by atomic mass is 10.1. The summed E-state index contributed by atoms with van der Waals surface area (Å²) >= 11 is 0. The second-order valence-electron chi connectivity index (χ2n) is 7.44. The van der Waals surface area contributed by atoms with E-state index in [-0.39, 0.29) is 0 Å². The molecule has 0 bridgehead atoms. The van der Waals surface area contributed by atoms with Crippen molar-refractivity contribution in [3.8, 4) is 11.1 Å². The third-order valence-electron chi connectivity index (χ3n) is 5.60. The van der Waals surface area contributed by atoms with E-state index in [9.17, 15) is 0 Å². The van der Waals surface area contributed by atoms with Crippen LogP contribution in [-0.4, -0.2) is 43.5 Å². The van der Waals surface area contributed by atoms with Crippen molar-refractivity contribution >= 4 is 16.7 Å². The molecule has 0 saturated carbocycles. The molecule has 0 spiro atoms. The van der Waals surface area contributed by atoms with Crippen molar-refractivity contribution in [1.82, 2.24) is 23.8 Å². The summed E-state index contributed by atoms with van der Waals surface area (Å²) in [6.45, 7) is 6.82. The average molecular weight is 359 g/mol. The number of benzene rings is 1. The first-order chi connectivity index (χ1) is 13.3. The van der Waals surface area contributed by atoms with Crippen molar-refractivity contribution in [3.63, 3.8) is 0 Å². The summed E-state index contributed by atoms with van der Waals surface area (Å²) in [5.41, 5.74) is 5.74. The van der Waals surface area contributed by atoms with Crippen LogP contribution in [0.2, 0.25) is 0 Å². The molecule has 0 atom stereocenters. The van der Waals surface area contributed by atoms with Gasteiger partial charge in [-0.3, -0.25) is 0 Å². The van der Waals surface area contributed by atoms with Crippen molar-refractivity contribution in [3.05, 3.63) is 54.7 Å². The fourth-order valence-electron chi connectivity index (χ4n) is 4.25. The first-order valence-electron chi connectivity index (χ1n) is 9.96. The summed E-state index contributed by atoms with van der Waals surface area (Å²) in [6, 6.07) is 10.9. The van der Waals surface area contributed by atoms with Gasteiger partial charge in [-0.2, -0.15) is 0 Å². The first kappa shape index (κ1) is 16.5. The van der Waals surface area contributed by atoms with Crippen LogP contribution in [0, 0.1) is 0 Å². The van der Waals surface area contributed by atoms with Gasteiger partial charge in [-0.05, 0) is 61.3 Å². The zero-order chi connectivity index (χ0) is 18.2. The SMILES string of the molecule is CCCN1CCCn2c(nc3cc(-c4ccc5nccn5c4)ccc32)CC1. The lowest BCUT2D eigenvalue weighted by molar-refractivity contribution is 0.256. The molecule has 0 radical (unpaired) electrons. The van der Waals surface area contributed by atoms with E-state index in [1.165, 1.54) is 48.4 Å². The van der Waals surface area contributed by atoms with Crippen LogP contribution < -0.4 is 0 Å². The van der Waals surface area contributed by atoms with E-state index in [0.717, 1.165) is 30.7 Å². The maximum Gasteiger partial charge on any atom is 0.136 e. The lowest BCUT2D eigenvalue weighted by Gasteiger charge is -2.24. The Morgan fingerprint density at radius 2 is 1.96 bits per heavy atom. The Hall–Kier alpha value is -2.66. The molecule has 27 heavy (non-hydrogen) atoms. The van der Waals surface area contributed by atoms with Crippen molar-refractivity contribution < 1.29 is 0 Å². The van der Waals surface area contributed by atoms with Gasteiger partial charge in [-0.15, -0.1) is 0 Å². The van der Waals surface area contributed by atoms with Crippen LogP contribution in [0.3, 0.4) is 0 Å². The quantitative estimate of drug-likeness (QED) is 0.555. The number of hydrogen-bond acceptors (Lipinski definition) is 3. The largest absolute Gasteiger partial charge is 0.328 e. The highest BCUT2D eigenvalue weighted by atomic mass is 15.2. The lowest BCUT2D eigenvalue weighted by Crippen LogP contribution is -2.31. The van der Waals surface area contributed by atoms with Gasteiger partial charge in [0.1, 0.15) is 11.5 Å². The van der Waals surface area contributed by atoms with Crippen molar-refractivity contribution in [2.45, 2.75) is 32.7 Å². The molecular formula is C22H25N5. The van der Waals surface area contributed by atoms with Crippen molar-refractivity contribution in [2.75, 3.05) is 19.6 Å². The molecular weight excluding hydrogens is 334 g/mol. The molecule has 0 amide bonds. The summed E-state index contributed by atoms with van der Waals surface area (Å²) in [4.78, 5) is 11.9. The first-order valence-corrected chi connectivity index (χ1v) is 9.96. The van der Waals surface area contributed by atoms with E-state index >= 15 is 0 Å². The molecule has 5 heteroatoms. The minimum absolute atomic E-state index is 0.974. The van der Waals surface area contributed by atoms with Gasteiger partial charge in [-0.25, -0.2) is 9.97 Å². The van der Waals surface area contributed by atoms with Crippen LogP contribution in [0.5, 0.6) is 0 Å². The molecule has 138 valence electrons. The van der Waals surface area contributed by atoms with Gasteiger partial charge < -0.3 is 13.9 Å². The number of aromatic nitrogens is 4. The number of nitrogens with zero attached hydrogens (tertiary/aromatic N) is 5. The number of rotatable bonds is 3. The van der Waals surface area contributed by atoms with Gasteiger partial charge in [-0.1, -0.05) is 13.0 Å². The predicted molar refractivity (Wildman–Crippen MR) is 109 cm³/mol. The molecule has 0 saturated heterocycles. The monoisotopic (exact) mass is 359 g/mol. The number of fused-ring (bicyclic) bond motifs is 4. The molecule has 4 heterocycles. The zero-order valence-corrected chi connectivity index (χ0v) is 15.8. The van der Waals surface area contributed by atoms with Gasteiger partial charge in [0, 0.05) is 38.1 Å². The van der Waals surface area contributed by atoms with Crippen LogP contribution in [-0.2, 0) is 13.0 Å². The maximum atomic E-state index is 5.01. The van der Waals surface area contributed by atoms with Crippen molar-refractivity contribution in [2.24, 2.45) is 0 Å². The molecule has 3 aromatic heterocycles. The molecule has 0 unspecified atom stereocenters. The standard InChI is InChI=1S/C22H25N5/c1-2-10-25-11-3-12-27-20-6-4-17(15-19(20)24-22(27)8-13-25)18-5-7-21-23-9-14-26(21)16-18/h4-7,9,14-16H,2-3,8,10-13H2,1H3. The Labute approximate surface area is 159 Å². The third-order valence-corrected chi connectivity index (χ3v) is 5.60. The minimum atomic E-state index is 0.974. The topological polar surface area (TPSA) is 38.4 Å². The van der Waals surface area contributed by atoms with Gasteiger partial charge in [0.05, 0.1) is 11.0 Å². The zero-order valence-electron chi connectivity index (χ0n) is 15.8. The van der Waals surface area contributed by atoms with Gasteiger partial charge in [0.15, 0.2) is 0 Å². The number of hydrogen-bond donors (Lipinski definition) is 0. The molecule has 5 rings (SSSR count). The predicted octanol–water partition coefficient (Wildman–Crippen LogP) is 4.01. The van der Waals surface area contributed by atoms with Crippen LogP contribution >= 0.6 is 0 Å². The van der Waals surface area contributed by atoms with Gasteiger partial charge >= 0.3 is 0 Å². The molecule has 1 aromatic carbocycles. The Kier molecular flexibility index (Phi) is 4.17.